The number of aromatic nitrogens is 2. The number of phosphoric ester groups is 2. The number of hydrogen-bond acceptors (Lipinski definition) is 16. The molecule has 11 atom stereocenters. The third kappa shape index (κ3) is 6.54. The first-order chi connectivity index (χ1) is 16.7. The summed E-state index contributed by atoms with van der Waals surface area (Å²) in [7, 11) is -11.5. The lowest BCUT2D eigenvalue weighted by Gasteiger charge is -2.40. The lowest BCUT2D eigenvalue weighted by molar-refractivity contribution is -0.497. The molecule has 2 aliphatic heterocycles. The van der Waals surface area contributed by atoms with Crippen LogP contribution < -0.4 is 26.8 Å². The van der Waals surface area contributed by atoms with Crippen LogP contribution in [0.5, 0.6) is 0 Å². The van der Waals surface area contributed by atoms with Crippen molar-refractivity contribution in [3.63, 3.8) is 0 Å². The van der Waals surface area contributed by atoms with Crippen molar-refractivity contribution in [3.8, 4) is 0 Å². The highest BCUT2D eigenvalue weighted by Crippen LogP contribution is 2.56. The van der Waals surface area contributed by atoms with Gasteiger partial charge in [0.15, 0.2) is 12.3 Å². The molecule has 2 saturated heterocycles. The molecule has 2 aliphatic rings. The van der Waals surface area contributed by atoms with Gasteiger partial charge in [0.2, 0.25) is 6.29 Å². The lowest BCUT2D eigenvalue weighted by Crippen LogP contribution is -2.78. The molecule has 3 rings (SSSR count). The second-order valence-corrected chi connectivity index (χ2v) is 10.7. The molecule has 0 radical (unpaired) electrons. The van der Waals surface area contributed by atoms with Crippen molar-refractivity contribution in [2.75, 3.05) is 13.2 Å². The van der Waals surface area contributed by atoms with Crippen molar-refractivity contribution in [1.29, 1.82) is 0 Å². The number of nitrogens with zero attached hydrogens (tertiary/aromatic N) is 1. The van der Waals surface area contributed by atoms with E-state index < -0.39 is 95.3 Å². The van der Waals surface area contributed by atoms with Gasteiger partial charge in [0.05, 0.1) is 13.2 Å². The van der Waals surface area contributed by atoms with E-state index in [2.05, 4.69) is 19.1 Å². The fourth-order valence-electron chi connectivity index (χ4n) is 3.42. The number of H-pyrrole nitrogens is 1. The fraction of sp³-hybridized carbons (Fsp3) is 0.733. The summed E-state index contributed by atoms with van der Waals surface area (Å²) in [5.74, 6) is 0. The lowest BCUT2D eigenvalue weighted by atomic mass is 9.98. The summed E-state index contributed by atoms with van der Waals surface area (Å²) in [6.07, 6.45) is -12.6. The number of quaternary nitrogens is 1. The van der Waals surface area contributed by atoms with Crippen LogP contribution in [0.2, 0.25) is 0 Å². The summed E-state index contributed by atoms with van der Waals surface area (Å²) < 4.78 is 47.8. The van der Waals surface area contributed by atoms with Gasteiger partial charge < -0.3 is 55.1 Å². The second kappa shape index (κ2) is 11.2. The van der Waals surface area contributed by atoms with Gasteiger partial charge in [-0.25, -0.2) is 9.11 Å². The van der Waals surface area contributed by atoms with E-state index in [4.69, 9.17) is 14.6 Å². The molecule has 0 saturated carbocycles. The van der Waals surface area contributed by atoms with Gasteiger partial charge in [0.1, 0.15) is 36.6 Å². The van der Waals surface area contributed by atoms with Crippen LogP contribution in [0.3, 0.4) is 0 Å². The number of rotatable bonds is 9. The summed E-state index contributed by atoms with van der Waals surface area (Å²) in [4.78, 5) is 49.1. The van der Waals surface area contributed by atoms with Gasteiger partial charge in [-0.05, 0) is 0 Å². The Balaban J connectivity index is 1.61. The third-order valence-corrected chi connectivity index (χ3v) is 7.83. The highest BCUT2D eigenvalue weighted by molar-refractivity contribution is 7.59. The Morgan fingerprint density at radius 3 is 2.28 bits per heavy atom. The molecule has 1 aromatic heterocycles. The molecule has 0 amide bonds. The average molecular weight is 564 g/mol. The maximum atomic E-state index is 12.1. The Morgan fingerprint density at radius 1 is 1.03 bits per heavy atom. The van der Waals surface area contributed by atoms with E-state index >= 15 is 0 Å². The van der Waals surface area contributed by atoms with Crippen molar-refractivity contribution in [1.82, 2.24) is 9.55 Å². The Labute approximate surface area is 200 Å². The zero-order chi connectivity index (χ0) is 27.0. The molecule has 3 heterocycles. The number of ether oxygens (including phenoxy) is 2. The number of phosphoric acid groups is 2. The molecular formula is C15H24N3O16P2-. The number of aromatic amines is 1. The Kier molecular flexibility index (Phi) is 9.05. The van der Waals surface area contributed by atoms with E-state index in [0.29, 0.717) is 4.57 Å². The van der Waals surface area contributed by atoms with E-state index in [1.165, 1.54) is 0 Å². The molecule has 2 fully saturated rings. The number of nitrogens with one attached hydrogen (secondary N) is 1. The maximum absolute atomic E-state index is 12.1. The minimum absolute atomic E-state index is 0.715. The van der Waals surface area contributed by atoms with Gasteiger partial charge in [-0.2, -0.15) is 0 Å². The van der Waals surface area contributed by atoms with Crippen LogP contribution in [0, 0.1) is 0 Å². The maximum Gasteiger partial charge on any atom is 0.330 e. The van der Waals surface area contributed by atoms with Crippen LogP contribution in [0.25, 0.3) is 0 Å². The summed E-state index contributed by atoms with van der Waals surface area (Å²) >= 11 is 0. The molecule has 0 spiro atoms. The average Bonchev–Trinajstić information content (AvgIpc) is 3.06. The predicted octanol–water partition coefficient (Wildman–Crippen LogP) is -6.81. The Bertz CT molecular complexity index is 1130. The molecule has 206 valence electrons. The van der Waals surface area contributed by atoms with Gasteiger partial charge >= 0.3 is 5.69 Å². The Morgan fingerprint density at radius 2 is 1.67 bits per heavy atom. The van der Waals surface area contributed by atoms with Gasteiger partial charge in [-0.3, -0.25) is 28.0 Å². The monoisotopic (exact) mass is 564 g/mol. The quantitative estimate of drug-likeness (QED) is 0.137. The Hall–Kier alpha value is -1.38. The number of aliphatic hydroxyl groups is 5. The summed E-state index contributed by atoms with van der Waals surface area (Å²) in [5.41, 5.74) is 1.61. The van der Waals surface area contributed by atoms with E-state index in [-0.39, 0.29) is 0 Å². The first kappa shape index (κ1) is 29.2. The highest BCUT2D eigenvalue weighted by Gasteiger charge is 2.48. The van der Waals surface area contributed by atoms with Gasteiger partial charge in [0.25, 0.3) is 21.2 Å². The molecule has 9 N–H and O–H groups in total. The first-order valence-corrected chi connectivity index (χ1v) is 13.0. The summed E-state index contributed by atoms with van der Waals surface area (Å²) in [6, 6.07) is -0.522. The topological polar surface area (TPSA) is 310 Å². The van der Waals surface area contributed by atoms with E-state index in [0.717, 1.165) is 12.3 Å². The summed E-state index contributed by atoms with van der Waals surface area (Å²) in [5, 5.41) is 49.0. The van der Waals surface area contributed by atoms with Crippen LogP contribution in [0.1, 0.15) is 6.23 Å². The third-order valence-electron chi connectivity index (χ3n) is 5.30. The first-order valence-electron chi connectivity index (χ1n) is 10.1. The minimum Gasteiger partial charge on any atom is -0.756 e. The zero-order valence-corrected chi connectivity index (χ0v) is 19.8. The van der Waals surface area contributed by atoms with Crippen LogP contribution in [0.15, 0.2) is 21.9 Å². The molecule has 0 aromatic carbocycles. The van der Waals surface area contributed by atoms with Gasteiger partial charge in [-0.1, -0.05) is 0 Å². The van der Waals surface area contributed by atoms with Crippen molar-refractivity contribution in [3.05, 3.63) is 33.1 Å². The smallest absolute Gasteiger partial charge is 0.330 e. The van der Waals surface area contributed by atoms with E-state index in [1.807, 2.05) is 4.98 Å². The fourth-order valence-corrected chi connectivity index (χ4v) is 5.54. The molecule has 19 nitrogen and oxygen atoms in total. The molecule has 21 heteroatoms. The van der Waals surface area contributed by atoms with Crippen LogP contribution in [-0.2, 0) is 32.0 Å². The van der Waals surface area contributed by atoms with E-state index in [9.17, 15) is 48.9 Å². The van der Waals surface area contributed by atoms with Gasteiger partial charge in [-0.15, -0.1) is 0 Å². The van der Waals surface area contributed by atoms with Crippen molar-refractivity contribution >= 4 is 15.6 Å². The van der Waals surface area contributed by atoms with Crippen molar-refractivity contribution in [2.45, 2.75) is 55.2 Å². The number of aliphatic hydroxyl groups excluding tert-OH is 5. The largest absolute Gasteiger partial charge is 0.756 e. The van der Waals surface area contributed by atoms with Crippen molar-refractivity contribution < 1.29 is 73.0 Å². The molecule has 36 heavy (non-hydrogen) atoms. The van der Waals surface area contributed by atoms with E-state index in [1.54, 1.807) is 0 Å². The SMILES string of the molecule is [NH3+][C@H]1[C@@H](OP(=O)([O-])OP(=O)([O-])OC[C@H]2O[C@@H](n3ccc(=O)[nH]c3=O)[C@H](O)[C@@H]2O)O[C@H](CO)[C@@H](O)[C@@H]1O. The van der Waals surface area contributed by atoms with Crippen LogP contribution >= 0.6 is 15.6 Å². The normalized spacial score (nSPS) is 38.4. The van der Waals surface area contributed by atoms with Crippen LogP contribution in [0.4, 0.5) is 0 Å². The number of hydrogen-bond donors (Lipinski definition) is 7. The molecule has 1 aromatic rings. The van der Waals surface area contributed by atoms with Gasteiger partial charge in [0, 0.05) is 12.3 Å². The molecule has 2 unspecified atom stereocenters. The van der Waals surface area contributed by atoms with Crippen LogP contribution in [-0.4, -0.2) is 97.3 Å². The highest BCUT2D eigenvalue weighted by atomic mass is 31.3. The standard InChI is InChI=1S/C15H25N3O16P2/c16-8-11(23)9(21)5(3-19)32-14(8)33-36(28,29)34-35(26,27)30-4-6-10(22)12(24)13(31-6)18-2-1-7(20)17-15(18)25/h1-2,5-6,8-14,19,21-24H,3-4,16H2,(H,26,27)(H,28,29)(H,17,20,25)/p-1/t5-,6-,8-,9-,10-,11-,12-,13-,14-/m1/s1. The second-order valence-electron chi connectivity index (χ2n) is 7.81. The molecule has 0 bridgehead atoms. The molecule has 0 aliphatic carbocycles. The molecular weight excluding hydrogens is 540 g/mol. The summed E-state index contributed by atoms with van der Waals surface area (Å²) in [6.45, 7) is -1.93. The zero-order valence-electron chi connectivity index (χ0n) is 18.0. The predicted molar refractivity (Wildman–Crippen MR) is 105 cm³/mol. The van der Waals surface area contributed by atoms with Crippen molar-refractivity contribution in [2.24, 2.45) is 0 Å². The minimum atomic E-state index is -5.78.